The number of benzene rings is 3. The first kappa shape index (κ1) is 22.6. The fourth-order valence-electron chi connectivity index (χ4n) is 4.22. The number of hydrogen-bond donors (Lipinski definition) is 3. The zero-order chi connectivity index (χ0) is 22.6. The second-order valence-corrected chi connectivity index (χ2v) is 7.84. The third-order valence-electron chi connectivity index (χ3n) is 5.91. The van der Waals surface area contributed by atoms with E-state index in [4.69, 9.17) is 14.2 Å². The van der Waals surface area contributed by atoms with Crippen LogP contribution >= 0.6 is 0 Å². The third-order valence-corrected chi connectivity index (χ3v) is 5.91. The summed E-state index contributed by atoms with van der Waals surface area (Å²) < 4.78 is 17.5. The third kappa shape index (κ3) is 4.21. The van der Waals surface area contributed by atoms with Crippen LogP contribution in [-0.2, 0) is 19.8 Å². The molecule has 0 spiro atoms. The van der Waals surface area contributed by atoms with Crippen LogP contribution in [0.1, 0.15) is 16.7 Å². The zero-order valence-corrected chi connectivity index (χ0v) is 17.8. The fraction of sp³-hybridized carbons (Fsp3) is 0.308. The van der Waals surface area contributed by atoms with E-state index < -0.39 is 36.3 Å². The van der Waals surface area contributed by atoms with Crippen LogP contribution in [0, 0.1) is 0 Å². The normalized spacial score (nSPS) is 26.1. The van der Waals surface area contributed by atoms with E-state index in [2.05, 4.69) is 0 Å². The Morgan fingerprint density at radius 3 is 1.53 bits per heavy atom. The van der Waals surface area contributed by atoms with Gasteiger partial charge in [-0.25, -0.2) is 0 Å². The maximum absolute atomic E-state index is 10.6. The molecule has 168 valence electrons. The van der Waals surface area contributed by atoms with E-state index in [0.717, 1.165) is 16.7 Å². The lowest BCUT2D eigenvalue weighted by Gasteiger charge is -2.42. The highest BCUT2D eigenvalue weighted by atomic mass is 16.7. The van der Waals surface area contributed by atoms with Crippen molar-refractivity contribution in [1.82, 2.24) is 0 Å². The molecule has 0 bridgehead atoms. The van der Waals surface area contributed by atoms with Gasteiger partial charge in [-0.2, -0.15) is 0 Å². The molecule has 0 amide bonds. The van der Waals surface area contributed by atoms with E-state index in [0.29, 0.717) is 0 Å². The molecule has 32 heavy (non-hydrogen) atoms. The Balaban J connectivity index is 1.77. The van der Waals surface area contributed by atoms with Crippen molar-refractivity contribution >= 4 is 0 Å². The highest BCUT2D eigenvalue weighted by molar-refractivity contribution is 5.47. The average molecular weight is 437 g/mol. The fourth-order valence-corrected chi connectivity index (χ4v) is 4.22. The highest BCUT2D eigenvalue weighted by Crippen LogP contribution is 2.41. The predicted octanol–water partition coefficient (Wildman–Crippen LogP) is 2.45. The summed E-state index contributed by atoms with van der Waals surface area (Å²) in [7, 11) is 1.37. The smallest absolute Gasteiger partial charge is 0.186 e. The quantitative estimate of drug-likeness (QED) is 0.493. The second-order valence-electron chi connectivity index (χ2n) is 7.84. The van der Waals surface area contributed by atoms with Crippen molar-refractivity contribution in [3.05, 3.63) is 108 Å². The summed E-state index contributed by atoms with van der Waals surface area (Å²) in [6, 6.07) is 29.5. The molecule has 6 nitrogen and oxygen atoms in total. The molecule has 1 aliphatic heterocycles. The van der Waals surface area contributed by atoms with Gasteiger partial charge in [-0.1, -0.05) is 91.0 Å². The van der Waals surface area contributed by atoms with Crippen molar-refractivity contribution in [2.24, 2.45) is 0 Å². The lowest BCUT2D eigenvalue weighted by Crippen LogP contribution is -2.59. The number of aliphatic hydroxyl groups excluding tert-OH is 3. The number of aliphatic hydroxyl groups is 3. The first-order valence-electron chi connectivity index (χ1n) is 10.6. The molecule has 3 aromatic rings. The average Bonchev–Trinajstić information content (AvgIpc) is 2.86. The van der Waals surface area contributed by atoms with Gasteiger partial charge in [0.25, 0.3) is 0 Å². The standard InChI is InChI=1S/C26H28O6/c1-30-25-24(29)23(28)22(27)21(32-25)17-31-26(18-11-5-2-6-12-18,19-13-7-3-8-14-19)20-15-9-4-10-16-20/h2-16,21-25,27-29H,17H2,1H3/t21-,22-,23+,24-,25?/m1/s1. The Hall–Kier alpha value is -2.58. The van der Waals surface area contributed by atoms with Crippen LogP contribution in [0.5, 0.6) is 0 Å². The Kier molecular flexibility index (Phi) is 7.01. The minimum absolute atomic E-state index is 0.0521. The van der Waals surface area contributed by atoms with Gasteiger partial charge in [0.1, 0.15) is 30.0 Å². The van der Waals surface area contributed by atoms with E-state index >= 15 is 0 Å². The van der Waals surface area contributed by atoms with Crippen molar-refractivity contribution in [3.63, 3.8) is 0 Å². The summed E-state index contributed by atoms with van der Waals surface area (Å²) in [5.74, 6) is 0. The Labute approximate surface area is 187 Å². The zero-order valence-electron chi connectivity index (χ0n) is 17.8. The van der Waals surface area contributed by atoms with Crippen LogP contribution in [0.15, 0.2) is 91.0 Å². The molecule has 0 aliphatic carbocycles. The van der Waals surface area contributed by atoms with Crippen LogP contribution < -0.4 is 0 Å². The maximum Gasteiger partial charge on any atom is 0.186 e. The number of ether oxygens (including phenoxy) is 3. The molecule has 0 radical (unpaired) electrons. The van der Waals surface area contributed by atoms with Crippen LogP contribution in [0.25, 0.3) is 0 Å². The first-order valence-corrected chi connectivity index (χ1v) is 10.6. The minimum atomic E-state index is -1.41. The van der Waals surface area contributed by atoms with Gasteiger partial charge in [-0.15, -0.1) is 0 Å². The van der Waals surface area contributed by atoms with E-state index in [1.807, 2.05) is 91.0 Å². The topological polar surface area (TPSA) is 88.4 Å². The molecule has 3 aromatic carbocycles. The van der Waals surface area contributed by atoms with Gasteiger partial charge in [0.2, 0.25) is 0 Å². The van der Waals surface area contributed by atoms with Crippen molar-refractivity contribution in [3.8, 4) is 0 Å². The Morgan fingerprint density at radius 2 is 1.12 bits per heavy atom. The van der Waals surface area contributed by atoms with E-state index in [1.54, 1.807) is 0 Å². The monoisotopic (exact) mass is 436 g/mol. The van der Waals surface area contributed by atoms with Gasteiger partial charge in [0.05, 0.1) is 6.61 Å². The molecule has 6 heteroatoms. The van der Waals surface area contributed by atoms with Crippen LogP contribution in [0.2, 0.25) is 0 Å². The summed E-state index contributed by atoms with van der Waals surface area (Å²) >= 11 is 0. The summed E-state index contributed by atoms with van der Waals surface area (Å²) in [5.41, 5.74) is 1.74. The SMILES string of the molecule is COC1O[C@H](COC(c2ccccc2)(c2ccccc2)c2ccccc2)[C@@H](O)[C@H](O)[C@H]1O. The Morgan fingerprint density at radius 1 is 0.688 bits per heavy atom. The molecular formula is C26H28O6. The van der Waals surface area contributed by atoms with E-state index in [9.17, 15) is 15.3 Å². The van der Waals surface area contributed by atoms with Crippen molar-refractivity contribution in [2.75, 3.05) is 13.7 Å². The first-order chi connectivity index (χ1) is 15.6. The van der Waals surface area contributed by atoms with Crippen molar-refractivity contribution < 1.29 is 29.5 Å². The van der Waals surface area contributed by atoms with Gasteiger partial charge in [-0.3, -0.25) is 0 Å². The lowest BCUT2D eigenvalue weighted by atomic mass is 9.80. The van der Waals surface area contributed by atoms with E-state index in [1.165, 1.54) is 7.11 Å². The van der Waals surface area contributed by atoms with Gasteiger partial charge in [0, 0.05) is 7.11 Å². The van der Waals surface area contributed by atoms with E-state index in [-0.39, 0.29) is 6.61 Å². The second kappa shape index (κ2) is 9.92. The molecule has 1 aliphatic rings. The van der Waals surface area contributed by atoms with Gasteiger partial charge < -0.3 is 29.5 Å². The molecule has 5 atom stereocenters. The summed E-state index contributed by atoms with van der Waals surface area (Å²) in [6.45, 7) is -0.0521. The van der Waals surface area contributed by atoms with Crippen molar-refractivity contribution in [1.29, 1.82) is 0 Å². The number of hydrogen-bond acceptors (Lipinski definition) is 6. The maximum atomic E-state index is 10.6. The van der Waals surface area contributed by atoms with Gasteiger partial charge in [0.15, 0.2) is 6.29 Å². The number of rotatable bonds is 7. The van der Waals surface area contributed by atoms with Crippen molar-refractivity contribution in [2.45, 2.75) is 36.3 Å². The molecule has 3 N–H and O–H groups in total. The molecule has 4 rings (SSSR count). The van der Waals surface area contributed by atoms with Gasteiger partial charge >= 0.3 is 0 Å². The Bertz CT molecular complexity index is 867. The van der Waals surface area contributed by atoms with Gasteiger partial charge in [-0.05, 0) is 16.7 Å². The van der Waals surface area contributed by atoms with Crippen LogP contribution in [0.3, 0.4) is 0 Å². The largest absolute Gasteiger partial charge is 0.387 e. The molecular weight excluding hydrogens is 408 g/mol. The molecule has 1 fully saturated rings. The summed E-state index contributed by atoms with van der Waals surface area (Å²) in [6.07, 6.45) is -6.08. The minimum Gasteiger partial charge on any atom is -0.387 e. The van der Waals surface area contributed by atoms with Crippen LogP contribution in [0.4, 0.5) is 0 Å². The lowest BCUT2D eigenvalue weighted by molar-refractivity contribution is -0.299. The summed E-state index contributed by atoms with van der Waals surface area (Å²) in [5, 5.41) is 30.9. The summed E-state index contributed by atoms with van der Waals surface area (Å²) in [4.78, 5) is 0. The van der Waals surface area contributed by atoms with Crippen LogP contribution in [-0.4, -0.2) is 59.7 Å². The molecule has 0 aromatic heterocycles. The predicted molar refractivity (Wildman–Crippen MR) is 119 cm³/mol. The molecule has 0 saturated carbocycles. The number of methoxy groups -OCH3 is 1. The highest BCUT2D eigenvalue weighted by Gasteiger charge is 2.46. The molecule has 1 heterocycles. The molecule has 1 saturated heterocycles. The molecule has 1 unspecified atom stereocenters.